The Kier molecular flexibility index (Phi) is 3.35. The minimum atomic E-state index is -0.211. The summed E-state index contributed by atoms with van der Waals surface area (Å²) < 4.78 is 15.4. The first-order valence-electron chi connectivity index (χ1n) is 7.22. The van der Waals surface area contributed by atoms with Crippen molar-refractivity contribution in [2.45, 2.75) is 18.9 Å². The van der Waals surface area contributed by atoms with Crippen LogP contribution < -0.4 is 4.80 Å². The molecule has 3 nitrogen and oxygen atoms in total. The van der Waals surface area contributed by atoms with Gasteiger partial charge in [-0.3, -0.25) is 4.98 Å². The van der Waals surface area contributed by atoms with Crippen LogP contribution in [0.15, 0.2) is 59.2 Å². The Morgan fingerprint density at radius 3 is 2.68 bits per heavy atom. The summed E-state index contributed by atoms with van der Waals surface area (Å²) >= 11 is 1.61. The smallest absolute Gasteiger partial charge is 0.190 e. The summed E-state index contributed by atoms with van der Waals surface area (Å²) in [5.41, 5.74) is 2.98. The average molecular weight is 311 g/mol. The standard InChI is InChI=1S/C17H14FN3S/c18-13-5-3-12(4-6-13)16-11-22-17(21(16)15-7-8-15)20-14-2-1-9-19-10-14/h1-6,9-11,15H,7-8H2. The molecule has 5 heteroatoms. The van der Waals surface area contributed by atoms with Gasteiger partial charge < -0.3 is 4.57 Å². The van der Waals surface area contributed by atoms with Crippen molar-refractivity contribution in [3.63, 3.8) is 0 Å². The second-order valence-corrected chi connectivity index (χ2v) is 6.17. The topological polar surface area (TPSA) is 30.2 Å². The normalized spacial score (nSPS) is 15.2. The molecule has 1 saturated carbocycles. The highest BCUT2D eigenvalue weighted by Crippen LogP contribution is 2.38. The van der Waals surface area contributed by atoms with E-state index in [-0.39, 0.29) is 5.82 Å². The molecule has 4 rings (SSSR count). The van der Waals surface area contributed by atoms with Gasteiger partial charge >= 0.3 is 0 Å². The van der Waals surface area contributed by atoms with E-state index in [0.717, 1.165) is 21.7 Å². The summed E-state index contributed by atoms with van der Waals surface area (Å²) in [5.74, 6) is -0.211. The SMILES string of the molecule is Fc1ccc(-c2csc(=Nc3cccnc3)n2C2CC2)cc1. The van der Waals surface area contributed by atoms with Crippen LogP contribution in [0.25, 0.3) is 11.3 Å². The van der Waals surface area contributed by atoms with E-state index < -0.39 is 0 Å². The second kappa shape index (κ2) is 5.50. The van der Waals surface area contributed by atoms with E-state index in [4.69, 9.17) is 4.99 Å². The molecule has 1 aliphatic carbocycles. The minimum absolute atomic E-state index is 0.211. The summed E-state index contributed by atoms with van der Waals surface area (Å²) in [6.07, 6.45) is 5.84. The highest BCUT2D eigenvalue weighted by Gasteiger charge is 2.27. The molecule has 3 aromatic rings. The lowest BCUT2D eigenvalue weighted by Crippen LogP contribution is -2.14. The van der Waals surface area contributed by atoms with E-state index in [0.29, 0.717) is 6.04 Å². The van der Waals surface area contributed by atoms with Crippen molar-refractivity contribution < 1.29 is 4.39 Å². The number of hydrogen-bond donors (Lipinski definition) is 0. The van der Waals surface area contributed by atoms with Gasteiger partial charge in [0, 0.05) is 17.6 Å². The molecule has 0 aliphatic heterocycles. The van der Waals surface area contributed by atoms with Crippen molar-refractivity contribution in [3.05, 3.63) is 64.8 Å². The van der Waals surface area contributed by atoms with Gasteiger partial charge in [-0.1, -0.05) is 0 Å². The van der Waals surface area contributed by atoms with Gasteiger partial charge in [0.2, 0.25) is 0 Å². The van der Waals surface area contributed by atoms with Crippen molar-refractivity contribution >= 4 is 17.0 Å². The number of thiazole rings is 1. The number of nitrogens with zero attached hydrogens (tertiary/aromatic N) is 3. The Balaban J connectivity index is 1.84. The molecule has 0 atom stereocenters. The van der Waals surface area contributed by atoms with Crippen LogP contribution in [0.1, 0.15) is 18.9 Å². The number of aromatic nitrogens is 2. The molecule has 2 heterocycles. The van der Waals surface area contributed by atoms with E-state index in [9.17, 15) is 4.39 Å². The maximum atomic E-state index is 13.1. The monoisotopic (exact) mass is 311 g/mol. The lowest BCUT2D eigenvalue weighted by atomic mass is 10.1. The number of benzene rings is 1. The van der Waals surface area contributed by atoms with E-state index in [1.807, 2.05) is 24.3 Å². The van der Waals surface area contributed by atoms with Gasteiger partial charge in [-0.05, 0) is 54.8 Å². The molecule has 1 aliphatic rings. The zero-order valence-corrected chi connectivity index (χ0v) is 12.6. The first kappa shape index (κ1) is 13.4. The zero-order valence-electron chi connectivity index (χ0n) is 11.8. The highest BCUT2D eigenvalue weighted by molar-refractivity contribution is 7.07. The molecule has 110 valence electrons. The first-order chi connectivity index (χ1) is 10.8. The first-order valence-corrected chi connectivity index (χ1v) is 8.10. The van der Waals surface area contributed by atoms with Gasteiger partial charge in [-0.2, -0.15) is 0 Å². The summed E-state index contributed by atoms with van der Waals surface area (Å²) in [4.78, 5) is 9.78. The molecular weight excluding hydrogens is 297 g/mol. The number of pyridine rings is 1. The van der Waals surface area contributed by atoms with E-state index in [1.165, 1.54) is 25.0 Å². The minimum Gasteiger partial charge on any atom is -0.313 e. The molecular formula is C17H14FN3S. The van der Waals surface area contributed by atoms with Crippen LogP contribution in [0.5, 0.6) is 0 Å². The maximum Gasteiger partial charge on any atom is 0.190 e. The zero-order chi connectivity index (χ0) is 14.9. The molecule has 0 bridgehead atoms. The summed E-state index contributed by atoms with van der Waals surface area (Å²) in [6, 6.07) is 11.0. The van der Waals surface area contributed by atoms with Crippen molar-refractivity contribution in [1.82, 2.24) is 9.55 Å². The van der Waals surface area contributed by atoms with Crippen LogP contribution in [0.4, 0.5) is 10.1 Å². The third-order valence-electron chi connectivity index (χ3n) is 3.66. The molecule has 1 fully saturated rings. The maximum absolute atomic E-state index is 13.1. The molecule has 0 N–H and O–H groups in total. The summed E-state index contributed by atoms with van der Waals surface area (Å²) in [5, 5.41) is 2.10. The molecule has 2 aromatic heterocycles. The highest BCUT2D eigenvalue weighted by atomic mass is 32.1. The Hall–Kier alpha value is -2.27. The fourth-order valence-corrected chi connectivity index (χ4v) is 3.43. The third-order valence-corrected chi connectivity index (χ3v) is 4.50. The van der Waals surface area contributed by atoms with Crippen molar-refractivity contribution in [2.24, 2.45) is 4.99 Å². The van der Waals surface area contributed by atoms with Gasteiger partial charge in [0.05, 0.1) is 17.6 Å². The van der Waals surface area contributed by atoms with Gasteiger partial charge in [-0.15, -0.1) is 11.3 Å². The predicted molar refractivity (Wildman–Crippen MR) is 85.4 cm³/mol. The van der Waals surface area contributed by atoms with Crippen LogP contribution >= 0.6 is 11.3 Å². The van der Waals surface area contributed by atoms with Crippen molar-refractivity contribution in [3.8, 4) is 11.3 Å². The van der Waals surface area contributed by atoms with Gasteiger partial charge in [-0.25, -0.2) is 9.38 Å². The number of rotatable bonds is 3. The van der Waals surface area contributed by atoms with Crippen LogP contribution in [-0.2, 0) is 0 Å². The van der Waals surface area contributed by atoms with E-state index in [1.54, 1.807) is 23.7 Å². The van der Waals surface area contributed by atoms with E-state index >= 15 is 0 Å². The number of halogens is 1. The molecule has 22 heavy (non-hydrogen) atoms. The van der Waals surface area contributed by atoms with Crippen molar-refractivity contribution in [2.75, 3.05) is 0 Å². The van der Waals surface area contributed by atoms with Crippen LogP contribution in [-0.4, -0.2) is 9.55 Å². The van der Waals surface area contributed by atoms with Gasteiger partial charge in [0.1, 0.15) is 5.82 Å². The predicted octanol–water partition coefficient (Wildman–Crippen LogP) is 4.32. The third kappa shape index (κ3) is 2.60. The Morgan fingerprint density at radius 1 is 1.18 bits per heavy atom. The molecule has 0 saturated heterocycles. The molecule has 0 unspecified atom stereocenters. The Labute approximate surface area is 131 Å². The largest absolute Gasteiger partial charge is 0.313 e. The van der Waals surface area contributed by atoms with Crippen LogP contribution in [0, 0.1) is 5.82 Å². The summed E-state index contributed by atoms with van der Waals surface area (Å²) in [7, 11) is 0. The lowest BCUT2D eigenvalue weighted by Gasteiger charge is -2.07. The lowest BCUT2D eigenvalue weighted by molar-refractivity contribution is 0.628. The number of hydrogen-bond acceptors (Lipinski definition) is 3. The van der Waals surface area contributed by atoms with Crippen molar-refractivity contribution in [1.29, 1.82) is 0 Å². The fourth-order valence-electron chi connectivity index (χ4n) is 2.45. The molecule has 0 radical (unpaired) electrons. The van der Waals surface area contributed by atoms with Crippen LogP contribution in [0.2, 0.25) is 0 Å². The molecule has 0 amide bonds. The Bertz CT molecular complexity index is 846. The van der Waals surface area contributed by atoms with Gasteiger partial charge in [0.15, 0.2) is 4.80 Å². The van der Waals surface area contributed by atoms with Gasteiger partial charge in [0.25, 0.3) is 0 Å². The van der Waals surface area contributed by atoms with Crippen LogP contribution in [0.3, 0.4) is 0 Å². The molecule has 1 aromatic carbocycles. The Morgan fingerprint density at radius 2 is 2.00 bits per heavy atom. The second-order valence-electron chi connectivity index (χ2n) is 5.33. The summed E-state index contributed by atoms with van der Waals surface area (Å²) in [6.45, 7) is 0. The van der Waals surface area contributed by atoms with E-state index in [2.05, 4.69) is 14.9 Å². The fraction of sp³-hybridized carbons (Fsp3) is 0.176. The average Bonchev–Trinajstić information content (AvgIpc) is 3.30. The molecule has 0 spiro atoms. The quantitative estimate of drug-likeness (QED) is 0.708.